The van der Waals surface area contributed by atoms with Crippen molar-refractivity contribution in [1.29, 1.82) is 0 Å². The fourth-order valence-corrected chi connectivity index (χ4v) is 6.65. The van der Waals surface area contributed by atoms with Crippen LogP contribution in [-0.4, -0.2) is 47.0 Å². The lowest BCUT2D eigenvalue weighted by Gasteiger charge is -2.25. The first kappa shape index (κ1) is 27.3. The molecule has 2 aromatic heterocycles. The summed E-state index contributed by atoms with van der Waals surface area (Å²) in [4.78, 5) is 49.5. The number of carboxylic acids is 1. The zero-order valence-electron chi connectivity index (χ0n) is 22.0. The van der Waals surface area contributed by atoms with Gasteiger partial charge in [0.15, 0.2) is 5.13 Å². The number of carboxylic acid groups (broad SMARTS) is 1. The Morgan fingerprint density at radius 2 is 1.97 bits per heavy atom. The number of aliphatic carboxylic acids is 1. The molecule has 0 radical (unpaired) electrons. The average Bonchev–Trinajstić information content (AvgIpc) is 3.62. The molecule has 1 unspecified atom stereocenters. The van der Waals surface area contributed by atoms with Gasteiger partial charge in [0, 0.05) is 54.2 Å². The Balaban J connectivity index is 1.43. The molecule has 2 aliphatic rings. The van der Waals surface area contributed by atoms with Crippen molar-refractivity contribution in [2.45, 2.75) is 51.4 Å². The molecule has 1 saturated carbocycles. The summed E-state index contributed by atoms with van der Waals surface area (Å²) >= 11 is 7.73. The molecule has 0 spiro atoms. The topological polar surface area (TPSA) is 104 Å². The summed E-state index contributed by atoms with van der Waals surface area (Å²) in [6.45, 7) is 0. The standard InChI is InChI=1S/C29H31ClN4O4S/c1-33-25(35)10-7-18-12-20(15-31-27(18)33)22-9-8-21(30)14-23(22)24-16-39-29(32-24)34(2)28(38)19(13-26(36)37)11-17-5-3-4-6-17/h8-9,12,14-17,19H,3-7,10-11,13H2,1-2H3,(H,36,37). The summed E-state index contributed by atoms with van der Waals surface area (Å²) in [6.07, 6.45) is 7.63. The maximum atomic E-state index is 13.4. The highest BCUT2D eigenvalue weighted by Crippen LogP contribution is 2.39. The molecule has 1 fully saturated rings. The molecule has 0 saturated heterocycles. The number of amides is 2. The van der Waals surface area contributed by atoms with Crippen LogP contribution in [0.5, 0.6) is 0 Å². The highest BCUT2D eigenvalue weighted by atomic mass is 35.5. The number of hydrogen-bond acceptors (Lipinski definition) is 6. The van der Waals surface area contributed by atoms with Gasteiger partial charge in [0.1, 0.15) is 5.82 Å². The van der Waals surface area contributed by atoms with Crippen molar-refractivity contribution >= 4 is 51.7 Å². The van der Waals surface area contributed by atoms with Gasteiger partial charge in [-0.15, -0.1) is 11.3 Å². The normalized spacial score (nSPS) is 16.3. The minimum Gasteiger partial charge on any atom is -0.481 e. The minimum absolute atomic E-state index is 0.0532. The number of hydrogen-bond donors (Lipinski definition) is 1. The first-order valence-corrected chi connectivity index (χ1v) is 14.5. The molecular formula is C29H31ClN4O4S. The lowest BCUT2D eigenvalue weighted by Crippen LogP contribution is -2.35. The predicted molar refractivity (Wildman–Crippen MR) is 153 cm³/mol. The molecule has 1 aromatic carbocycles. The van der Waals surface area contributed by atoms with Crippen LogP contribution >= 0.6 is 22.9 Å². The van der Waals surface area contributed by atoms with E-state index in [1.165, 1.54) is 16.2 Å². The highest BCUT2D eigenvalue weighted by Gasteiger charge is 2.31. The number of aryl methyl sites for hydroxylation is 1. The third kappa shape index (κ3) is 5.84. The predicted octanol–water partition coefficient (Wildman–Crippen LogP) is 6.07. The summed E-state index contributed by atoms with van der Waals surface area (Å²) in [5, 5.41) is 12.4. The van der Waals surface area contributed by atoms with Crippen LogP contribution in [0, 0.1) is 11.8 Å². The number of nitrogens with zero attached hydrogens (tertiary/aromatic N) is 4. The number of carbonyl (C=O) groups excluding carboxylic acids is 2. The second-order valence-corrected chi connectivity index (χ2v) is 11.7. The maximum Gasteiger partial charge on any atom is 0.304 e. The third-order valence-electron chi connectivity index (χ3n) is 7.78. The van der Waals surface area contributed by atoms with Gasteiger partial charge in [-0.2, -0.15) is 0 Å². The first-order chi connectivity index (χ1) is 18.7. The number of carbonyl (C=O) groups is 3. The molecule has 39 heavy (non-hydrogen) atoms. The second-order valence-electron chi connectivity index (χ2n) is 10.4. The zero-order valence-corrected chi connectivity index (χ0v) is 23.6. The summed E-state index contributed by atoms with van der Waals surface area (Å²) in [7, 11) is 3.41. The summed E-state index contributed by atoms with van der Waals surface area (Å²) < 4.78 is 0. The number of fused-ring (bicyclic) bond motifs is 1. The quantitative estimate of drug-likeness (QED) is 0.355. The second kappa shape index (κ2) is 11.4. The van der Waals surface area contributed by atoms with Gasteiger partial charge < -0.3 is 5.11 Å². The fraction of sp³-hybridized carbons (Fsp3) is 0.414. The largest absolute Gasteiger partial charge is 0.481 e. The van der Waals surface area contributed by atoms with Crippen molar-refractivity contribution in [3.05, 3.63) is 46.4 Å². The van der Waals surface area contributed by atoms with Crippen LogP contribution in [0.15, 0.2) is 35.8 Å². The van der Waals surface area contributed by atoms with E-state index < -0.39 is 11.9 Å². The van der Waals surface area contributed by atoms with E-state index in [9.17, 15) is 19.5 Å². The van der Waals surface area contributed by atoms with Gasteiger partial charge in [-0.1, -0.05) is 43.4 Å². The van der Waals surface area contributed by atoms with Crippen LogP contribution in [0.1, 0.15) is 50.5 Å². The summed E-state index contributed by atoms with van der Waals surface area (Å²) in [6, 6.07) is 7.65. The SMILES string of the molecule is CN(C(=O)C(CC(=O)O)CC1CCCC1)c1nc(-c2cc(Cl)ccc2-c2cnc3c(c2)CCC(=O)N3C)cs1. The number of aromatic nitrogens is 2. The Bertz CT molecular complexity index is 1420. The minimum atomic E-state index is -0.961. The van der Waals surface area contributed by atoms with Crippen molar-refractivity contribution in [2.75, 3.05) is 23.9 Å². The fourth-order valence-electron chi connectivity index (χ4n) is 5.68. The van der Waals surface area contributed by atoms with Crippen LogP contribution in [0.4, 0.5) is 10.9 Å². The number of halogens is 1. The molecule has 5 rings (SSSR count). The Morgan fingerprint density at radius 3 is 2.72 bits per heavy atom. The van der Waals surface area contributed by atoms with Crippen molar-refractivity contribution < 1.29 is 19.5 Å². The summed E-state index contributed by atoms with van der Waals surface area (Å²) in [5.41, 5.74) is 4.26. The molecule has 3 heterocycles. The molecule has 2 amide bonds. The summed E-state index contributed by atoms with van der Waals surface area (Å²) in [5.74, 6) is -0.619. The number of thiazole rings is 1. The first-order valence-electron chi connectivity index (χ1n) is 13.2. The Hall–Kier alpha value is -3.30. The van der Waals surface area contributed by atoms with E-state index in [0.29, 0.717) is 46.8 Å². The molecular weight excluding hydrogens is 536 g/mol. The Morgan fingerprint density at radius 1 is 1.21 bits per heavy atom. The van der Waals surface area contributed by atoms with Gasteiger partial charge in [-0.05, 0) is 48.1 Å². The third-order valence-corrected chi connectivity index (χ3v) is 8.94. The molecule has 1 aliphatic carbocycles. The van der Waals surface area contributed by atoms with Gasteiger partial charge in [0.2, 0.25) is 11.8 Å². The van der Waals surface area contributed by atoms with Crippen molar-refractivity contribution in [2.24, 2.45) is 11.8 Å². The van der Waals surface area contributed by atoms with Crippen LogP contribution in [0.3, 0.4) is 0 Å². The van der Waals surface area contributed by atoms with Crippen molar-refractivity contribution in [3.8, 4) is 22.4 Å². The van der Waals surface area contributed by atoms with Gasteiger partial charge in [-0.25, -0.2) is 9.97 Å². The van der Waals surface area contributed by atoms with Crippen LogP contribution < -0.4 is 9.80 Å². The molecule has 10 heteroatoms. The lowest BCUT2D eigenvalue weighted by molar-refractivity contribution is -0.140. The van der Waals surface area contributed by atoms with E-state index in [2.05, 4.69) is 11.1 Å². The smallest absolute Gasteiger partial charge is 0.304 e. The number of benzene rings is 1. The van der Waals surface area contributed by atoms with E-state index in [4.69, 9.17) is 16.6 Å². The van der Waals surface area contributed by atoms with Crippen LogP contribution in [0.2, 0.25) is 5.02 Å². The van der Waals surface area contributed by atoms with E-state index in [-0.39, 0.29) is 18.2 Å². The van der Waals surface area contributed by atoms with Crippen LogP contribution in [-0.2, 0) is 20.8 Å². The van der Waals surface area contributed by atoms with Crippen molar-refractivity contribution in [1.82, 2.24) is 9.97 Å². The molecule has 8 nitrogen and oxygen atoms in total. The highest BCUT2D eigenvalue weighted by molar-refractivity contribution is 7.14. The Kier molecular flexibility index (Phi) is 8.00. The van der Waals surface area contributed by atoms with Gasteiger partial charge in [0.05, 0.1) is 12.1 Å². The van der Waals surface area contributed by atoms with Crippen molar-refractivity contribution in [3.63, 3.8) is 0 Å². The number of anilines is 2. The molecule has 1 atom stereocenters. The zero-order chi connectivity index (χ0) is 27.7. The van der Waals surface area contributed by atoms with E-state index >= 15 is 0 Å². The van der Waals surface area contributed by atoms with E-state index in [1.807, 2.05) is 23.6 Å². The van der Waals surface area contributed by atoms with Gasteiger partial charge >= 0.3 is 5.97 Å². The monoisotopic (exact) mass is 566 g/mol. The average molecular weight is 567 g/mol. The van der Waals surface area contributed by atoms with E-state index in [0.717, 1.165) is 47.9 Å². The van der Waals surface area contributed by atoms with Gasteiger partial charge in [0.25, 0.3) is 0 Å². The van der Waals surface area contributed by atoms with Gasteiger partial charge in [-0.3, -0.25) is 24.2 Å². The molecule has 0 bridgehead atoms. The number of rotatable bonds is 8. The molecule has 3 aromatic rings. The number of pyridine rings is 1. The maximum absolute atomic E-state index is 13.4. The lowest BCUT2D eigenvalue weighted by atomic mass is 9.90. The molecule has 1 N–H and O–H groups in total. The molecule has 204 valence electrons. The van der Waals surface area contributed by atoms with E-state index in [1.54, 1.807) is 25.2 Å². The van der Waals surface area contributed by atoms with Crippen LogP contribution in [0.25, 0.3) is 22.4 Å². The Labute approximate surface area is 236 Å². The molecule has 1 aliphatic heterocycles.